The first-order chi connectivity index (χ1) is 8.50. The van der Waals surface area contributed by atoms with Crippen molar-refractivity contribution in [3.63, 3.8) is 0 Å². The molecule has 2 rings (SSSR count). The van der Waals surface area contributed by atoms with Crippen molar-refractivity contribution in [3.05, 3.63) is 23.8 Å². The maximum atomic E-state index is 11.5. The molecule has 5 nitrogen and oxygen atoms in total. The van der Waals surface area contributed by atoms with Crippen LogP contribution in [0.25, 0.3) is 0 Å². The average Bonchev–Trinajstić information content (AvgIpc) is 2.29. The van der Waals surface area contributed by atoms with Crippen molar-refractivity contribution in [1.82, 2.24) is 4.90 Å². The van der Waals surface area contributed by atoms with Crippen LogP contribution in [0.3, 0.4) is 0 Å². The normalized spacial score (nSPS) is 21.0. The van der Waals surface area contributed by atoms with Crippen molar-refractivity contribution < 1.29 is 4.79 Å². The number of nitrogens with zero attached hydrogens (tertiary/aromatic N) is 2. The van der Waals surface area contributed by atoms with Crippen molar-refractivity contribution in [3.8, 4) is 0 Å². The molecule has 1 saturated heterocycles. The minimum atomic E-state index is -0.427. The molecule has 0 bridgehead atoms. The molecule has 1 atom stereocenters. The molecular weight excluding hydrogens is 228 g/mol. The predicted octanol–water partition coefficient (Wildman–Crippen LogP) is 0.508. The van der Waals surface area contributed by atoms with Gasteiger partial charge in [0.2, 0.25) is 0 Å². The first-order valence-electron chi connectivity index (χ1n) is 6.14. The third-order valence-corrected chi connectivity index (χ3v) is 3.45. The van der Waals surface area contributed by atoms with Gasteiger partial charge in [-0.15, -0.1) is 0 Å². The van der Waals surface area contributed by atoms with Gasteiger partial charge in [0.25, 0.3) is 5.91 Å². The summed E-state index contributed by atoms with van der Waals surface area (Å²) >= 11 is 0. The zero-order valence-corrected chi connectivity index (χ0v) is 10.9. The Hall–Kier alpha value is -1.75. The Balaban J connectivity index is 2.41. The molecule has 1 unspecified atom stereocenters. The van der Waals surface area contributed by atoms with Crippen LogP contribution in [0.1, 0.15) is 17.3 Å². The van der Waals surface area contributed by atoms with Gasteiger partial charge in [-0.05, 0) is 26.1 Å². The number of primary amides is 1. The second-order valence-corrected chi connectivity index (χ2v) is 4.91. The van der Waals surface area contributed by atoms with Crippen LogP contribution in [-0.2, 0) is 0 Å². The number of carbonyl (C=O) groups excluding carboxylic acids is 1. The zero-order valence-electron chi connectivity index (χ0n) is 10.9. The van der Waals surface area contributed by atoms with Crippen LogP contribution in [0.4, 0.5) is 11.4 Å². The monoisotopic (exact) mass is 248 g/mol. The molecule has 0 saturated carbocycles. The molecule has 1 heterocycles. The number of hydrogen-bond donors (Lipinski definition) is 2. The average molecular weight is 248 g/mol. The lowest BCUT2D eigenvalue weighted by molar-refractivity contribution is 0.100. The van der Waals surface area contributed by atoms with Gasteiger partial charge in [0.15, 0.2) is 0 Å². The second kappa shape index (κ2) is 4.86. The lowest BCUT2D eigenvalue weighted by Crippen LogP contribution is -2.51. The van der Waals surface area contributed by atoms with E-state index < -0.39 is 5.91 Å². The lowest BCUT2D eigenvalue weighted by atomic mass is 10.1. The number of carbonyl (C=O) groups is 1. The van der Waals surface area contributed by atoms with E-state index >= 15 is 0 Å². The molecule has 1 fully saturated rings. The van der Waals surface area contributed by atoms with E-state index in [2.05, 4.69) is 23.8 Å². The molecule has 4 N–H and O–H groups in total. The molecule has 0 radical (unpaired) electrons. The Morgan fingerprint density at radius 1 is 1.39 bits per heavy atom. The van der Waals surface area contributed by atoms with Gasteiger partial charge < -0.3 is 21.3 Å². The minimum Gasteiger partial charge on any atom is -0.397 e. The van der Waals surface area contributed by atoms with Crippen molar-refractivity contribution in [2.45, 2.75) is 13.0 Å². The summed E-state index contributed by atoms with van der Waals surface area (Å²) in [7, 11) is 2.09. The van der Waals surface area contributed by atoms with Crippen molar-refractivity contribution in [2.75, 3.05) is 37.3 Å². The maximum Gasteiger partial charge on any atom is 0.250 e. The maximum absolute atomic E-state index is 11.5. The molecule has 0 aliphatic carbocycles. The van der Waals surface area contributed by atoms with E-state index in [0.29, 0.717) is 17.3 Å². The number of likely N-dealkylation sites (N-methyl/N-ethyl adjacent to an activating group) is 1. The van der Waals surface area contributed by atoms with E-state index in [1.165, 1.54) is 0 Å². The number of para-hydroxylation sites is 1. The largest absolute Gasteiger partial charge is 0.397 e. The molecule has 1 aromatic rings. The molecule has 5 heteroatoms. The van der Waals surface area contributed by atoms with E-state index in [1.54, 1.807) is 12.1 Å². The summed E-state index contributed by atoms with van der Waals surface area (Å²) in [5.41, 5.74) is 13.4. The summed E-state index contributed by atoms with van der Waals surface area (Å²) < 4.78 is 0. The molecule has 98 valence electrons. The number of anilines is 2. The molecule has 1 aliphatic rings. The highest BCUT2D eigenvalue weighted by Gasteiger charge is 2.26. The molecular formula is C13H20N4O. The highest BCUT2D eigenvalue weighted by atomic mass is 16.1. The van der Waals surface area contributed by atoms with Crippen molar-refractivity contribution >= 4 is 17.3 Å². The standard InChI is InChI=1S/C13H20N4O/c1-9-8-16(2)6-7-17(9)12-10(13(15)18)4-3-5-11(12)14/h3-5,9H,6-8,14H2,1-2H3,(H2,15,18). The van der Waals surface area contributed by atoms with Gasteiger partial charge in [-0.25, -0.2) is 0 Å². The topological polar surface area (TPSA) is 75.6 Å². The quantitative estimate of drug-likeness (QED) is 0.748. The molecule has 0 aromatic heterocycles. The van der Waals surface area contributed by atoms with Crippen molar-refractivity contribution in [2.24, 2.45) is 5.73 Å². The summed E-state index contributed by atoms with van der Waals surface area (Å²) in [4.78, 5) is 16.0. The van der Waals surface area contributed by atoms with Gasteiger partial charge in [-0.3, -0.25) is 4.79 Å². The summed E-state index contributed by atoms with van der Waals surface area (Å²) in [5, 5.41) is 0. The van der Waals surface area contributed by atoms with Crippen molar-refractivity contribution in [1.29, 1.82) is 0 Å². The van der Waals surface area contributed by atoms with E-state index in [0.717, 1.165) is 25.3 Å². The number of rotatable bonds is 2. The van der Waals surface area contributed by atoms with Crippen LogP contribution in [0.5, 0.6) is 0 Å². The number of amides is 1. The number of piperazine rings is 1. The van der Waals surface area contributed by atoms with Gasteiger partial charge in [0.1, 0.15) is 0 Å². The van der Waals surface area contributed by atoms with Gasteiger partial charge in [0, 0.05) is 25.7 Å². The van der Waals surface area contributed by atoms with E-state index in [9.17, 15) is 4.79 Å². The Labute approximate surface area is 107 Å². The van der Waals surface area contributed by atoms with E-state index in [1.807, 2.05) is 6.07 Å². The Kier molecular flexibility index (Phi) is 3.43. The summed E-state index contributed by atoms with van der Waals surface area (Å²) in [5.74, 6) is -0.427. The van der Waals surface area contributed by atoms with Crippen LogP contribution in [0.15, 0.2) is 18.2 Å². The third kappa shape index (κ3) is 2.26. The molecule has 1 aromatic carbocycles. The minimum absolute atomic E-state index is 0.312. The van der Waals surface area contributed by atoms with Gasteiger partial charge >= 0.3 is 0 Å². The smallest absolute Gasteiger partial charge is 0.250 e. The molecule has 1 amide bonds. The first-order valence-corrected chi connectivity index (χ1v) is 6.14. The van der Waals surface area contributed by atoms with Crippen LogP contribution in [-0.4, -0.2) is 43.5 Å². The highest BCUT2D eigenvalue weighted by molar-refractivity contribution is 6.01. The number of nitrogen functional groups attached to an aromatic ring is 1. The second-order valence-electron chi connectivity index (χ2n) is 4.91. The fraction of sp³-hybridized carbons (Fsp3) is 0.462. The van der Waals surface area contributed by atoms with Crippen LogP contribution in [0, 0.1) is 0 Å². The fourth-order valence-electron chi connectivity index (χ4n) is 2.55. The Morgan fingerprint density at radius 2 is 2.11 bits per heavy atom. The summed E-state index contributed by atoms with van der Waals surface area (Å²) in [6, 6.07) is 5.62. The highest BCUT2D eigenvalue weighted by Crippen LogP contribution is 2.30. The van der Waals surface area contributed by atoms with Crippen LogP contribution in [0.2, 0.25) is 0 Å². The Bertz CT molecular complexity index is 460. The van der Waals surface area contributed by atoms with Gasteiger partial charge in [-0.2, -0.15) is 0 Å². The van der Waals surface area contributed by atoms with E-state index in [4.69, 9.17) is 11.5 Å². The third-order valence-electron chi connectivity index (χ3n) is 3.45. The first kappa shape index (κ1) is 12.7. The predicted molar refractivity (Wildman–Crippen MR) is 73.7 cm³/mol. The SMILES string of the molecule is CC1CN(C)CCN1c1c(N)cccc1C(N)=O. The van der Waals surface area contributed by atoms with Gasteiger partial charge in [-0.1, -0.05) is 6.07 Å². The molecule has 1 aliphatic heterocycles. The number of nitrogens with two attached hydrogens (primary N) is 2. The summed E-state index contributed by atoms with van der Waals surface area (Å²) in [6.45, 7) is 4.89. The Morgan fingerprint density at radius 3 is 2.72 bits per heavy atom. The molecule has 18 heavy (non-hydrogen) atoms. The van der Waals surface area contributed by atoms with Crippen LogP contribution < -0.4 is 16.4 Å². The fourth-order valence-corrected chi connectivity index (χ4v) is 2.55. The molecule has 0 spiro atoms. The zero-order chi connectivity index (χ0) is 13.3. The summed E-state index contributed by atoms with van der Waals surface area (Å²) in [6.07, 6.45) is 0. The van der Waals surface area contributed by atoms with E-state index in [-0.39, 0.29) is 0 Å². The van der Waals surface area contributed by atoms with Gasteiger partial charge in [0.05, 0.1) is 16.9 Å². The number of hydrogen-bond acceptors (Lipinski definition) is 4. The number of benzene rings is 1. The van der Waals surface area contributed by atoms with Crippen LogP contribution >= 0.6 is 0 Å². The lowest BCUT2D eigenvalue weighted by Gasteiger charge is -2.40.